The van der Waals surface area contributed by atoms with E-state index in [1.807, 2.05) is 25.1 Å². The van der Waals surface area contributed by atoms with Crippen LogP contribution < -0.4 is 11.1 Å². The molecule has 0 spiro atoms. The lowest BCUT2D eigenvalue weighted by Gasteiger charge is -2.37. The molecule has 1 heterocycles. The summed E-state index contributed by atoms with van der Waals surface area (Å²) in [6, 6.07) is 22.1. The Bertz CT molecular complexity index is 1370. The second-order valence-electron chi connectivity index (χ2n) is 10.1. The van der Waals surface area contributed by atoms with Crippen molar-refractivity contribution in [2.45, 2.75) is 32.0 Å². The van der Waals surface area contributed by atoms with Gasteiger partial charge in [0.15, 0.2) is 5.76 Å². The highest BCUT2D eigenvalue weighted by molar-refractivity contribution is 6.04. The third kappa shape index (κ3) is 6.63. The van der Waals surface area contributed by atoms with Gasteiger partial charge in [-0.3, -0.25) is 4.79 Å². The Morgan fingerprint density at radius 3 is 2.54 bits per heavy atom. The number of fused-ring (bicyclic) bond motifs is 3. The van der Waals surface area contributed by atoms with E-state index in [0.29, 0.717) is 50.8 Å². The minimum atomic E-state index is -0.641. The first-order valence-electron chi connectivity index (χ1n) is 14.2. The highest BCUT2D eigenvalue weighted by Crippen LogP contribution is 2.45. The average Bonchev–Trinajstić information content (AvgIpc) is 3.37. The highest BCUT2D eigenvalue weighted by Gasteiger charge is 2.39. The summed E-state index contributed by atoms with van der Waals surface area (Å²) in [6.45, 7) is 3.95. The van der Waals surface area contributed by atoms with Crippen molar-refractivity contribution in [2.75, 3.05) is 50.7 Å². The van der Waals surface area contributed by atoms with E-state index in [9.17, 15) is 4.79 Å². The summed E-state index contributed by atoms with van der Waals surface area (Å²) < 4.78 is 23.5. The Kier molecular flexibility index (Phi) is 9.69. The van der Waals surface area contributed by atoms with Crippen LogP contribution in [0.4, 0.5) is 11.4 Å². The number of aliphatic hydroxyl groups excluding tert-OH is 1. The fourth-order valence-corrected chi connectivity index (χ4v) is 5.69. The Balaban J connectivity index is 1.46. The van der Waals surface area contributed by atoms with Gasteiger partial charge in [-0.2, -0.15) is 0 Å². The maximum atomic E-state index is 13.5. The summed E-state index contributed by atoms with van der Waals surface area (Å²) in [7, 11) is 0. The molecule has 3 aromatic rings. The van der Waals surface area contributed by atoms with Crippen molar-refractivity contribution in [3.05, 3.63) is 95.3 Å². The van der Waals surface area contributed by atoms with Gasteiger partial charge in [-0.1, -0.05) is 54.6 Å². The van der Waals surface area contributed by atoms with Crippen LogP contribution >= 0.6 is 0 Å². The number of amides is 1. The first-order valence-corrected chi connectivity index (χ1v) is 14.2. The van der Waals surface area contributed by atoms with E-state index in [0.717, 1.165) is 12.0 Å². The Labute approximate surface area is 241 Å². The highest BCUT2D eigenvalue weighted by atomic mass is 16.7. The second kappa shape index (κ2) is 13.8. The number of nitrogen functional groups attached to an aromatic ring is 1. The molecule has 2 aliphatic rings. The predicted octanol–water partition coefficient (Wildman–Crippen LogP) is 4.87. The number of hydrogen-bond acceptors (Lipinski definition) is 7. The third-order valence-corrected chi connectivity index (χ3v) is 7.60. The Morgan fingerprint density at radius 2 is 1.73 bits per heavy atom. The average molecular weight is 559 g/mol. The molecule has 4 N–H and O–H groups in total. The molecule has 0 radical (unpaired) electrons. The van der Waals surface area contributed by atoms with E-state index < -0.39 is 6.29 Å². The van der Waals surface area contributed by atoms with Crippen LogP contribution in [0.3, 0.4) is 0 Å². The van der Waals surface area contributed by atoms with Gasteiger partial charge in [0.25, 0.3) is 5.91 Å². The lowest BCUT2D eigenvalue weighted by Crippen LogP contribution is -2.38. The van der Waals surface area contributed by atoms with Gasteiger partial charge in [0, 0.05) is 25.0 Å². The number of anilines is 2. The normalized spacial score (nSPS) is 19.2. The van der Waals surface area contributed by atoms with Crippen LogP contribution in [0.1, 0.15) is 36.0 Å². The molecular formula is C33H38N2O6. The van der Waals surface area contributed by atoms with E-state index in [1.165, 1.54) is 22.3 Å². The first-order chi connectivity index (χ1) is 20.1. The SMILES string of the molecule is CCOC1OC(C(=O)Nc2ccccc2N)=CC(c2cccc3c2Cc2ccccc2-3)C1CCOCCOCCO. The number of carbonyl (C=O) groups is 1. The molecule has 0 aromatic heterocycles. The predicted molar refractivity (Wildman–Crippen MR) is 158 cm³/mol. The number of rotatable bonds is 13. The van der Waals surface area contributed by atoms with E-state index in [-0.39, 0.29) is 30.1 Å². The standard InChI is InChI=1S/C33H38N2O6/c1-2-40-33-26(14-16-38-18-19-39-17-15-36)28(21-31(41-33)32(37)35-30-13-6-5-12-29(30)34)25-11-7-10-24-23-9-4-3-8-22(23)20-27(24)25/h3-13,21,26,28,33,36H,2,14-20,34H2,1H3,(H,35,37). The summed E-state index contributed by atoms with van der Waals surface area (Å²) in [5.74, 6) is -0.405. The monoisotopic (exact) mass is 558 g/mol. The second-order valence-corrected chi connectivity index (χ2v) is 10.1. The van der Waals surface area contributed by atoms with Crippen LogP contribution in [0, 0.1) is 5.92 Å². The van der Waals surface area contributed by atoms with Gasteiger partial charge in [-0.05, 0) is 65.8 Å². The molecule has 41 heavy (non-hydrogen) atoms. The molecule has 0 saturated carbocycles. The third-order valence-electron chi connectivity index (χ3n) is 7.60. The maximum Gasteiger partial charge on any atom is 0.290 e. The molecule has 0 fully saturated rings. The van der Waals surface area contributed by atoms with Gasteiger partial charge in [-0.25, -0.2) is 0 Å². The van der Waals surface area contributed by atoms with Gasteiger partial charge in [0.05, 0.1) is 37.8 Å². The quantitative estimate of drug-likeness (QED) is 0.159. The van der Waals surface area contributed by atoms with Crippen LogP contribution in [-0.2, 0) is 30.2 Å². The molecule has 0 bridgehead atoms. The number of benzene rings is 3. The number of hydrogen-bond donors (Lipinski definition) is 3. The molecule has 8 heteroatoms. The minimum absolute atomic E-state index is 0.0124. The lowest BCUT2D eigenvalue weighted by atomic mass is 9.78. The van der Waals surface area contributed by atoms with Crippen molar-refractivity contribution < 1.29 is 28.8 Å². The summed E-state index contributed by atoms with van der Waals surface area (Å²) in [5.41, 5.74) is 13.3. The molecule has 3 unspecified atom stereocenters. The van der Waals surface area contributed by atoms with Gasteiger partial charge in [-0.15, -0.1) is 0 Å². The summed E-state index contributed by atoms with van der Waals surface area (Å²) in [5, 5.41) is 11.8. The maximum absolute atomic E-state index is 13.5. The largest absolute Gasteiger partial charge is 0.459 e. The minimum Gasteiger partial charge on any atom is -0.459 e. The van der Waals surface area contributed by atoms with Crippen molar-refractivity contribution in [1.29, 1.82) is 0 Å². The van der Waals surface area contributed by atoms with Crippen molar-refractivity contribution in [1.82, 2.24) is 0 Å². The number of para-hydroxylation sites is 2. The van der Waals surface area contributed by atoms with Gasteiger partial charge in [0.1, 0.15) is 0 Å². The number of allylic oxidation sites excluding steroid dienone is 1. The number of nitrogens with one attached hydrogen (secondary N) is 1. The van der Waals surface area contributed by atoms with Gasteiger partial charge in [0.2, 0.25) is 6.29 Å². The molecule has 3 atom stereocenters. The Morgan fingerprint density at radius 1 is 0.976 bits per heavy atom. The summed E-state index contributed by atoms with van der Waals surface area (Å²) in [6.07, 6.45) is 2.78. The first kappa shape index (κ1) is 28.8. The molecule has 1 amide bonds. The van der Waals surface area contributed by atoms with Crippen LogP contribution in [0.15, 0.2) is 78.6 Å². The molecule has 1 aliphatic carbocycles. The smallest absolute Gasteiger partial charge is 0.290 e. The summed E-state index contributed by atoms with van der Waals surface area (Å²) >= 11 is 0. The number of aliphatic hydroxyl groups is 1. The zero-order chi connectivity index (χ0) is 28.6. The summed E-state index contributed by atoms with van der Waals surface area (Å²) in [4.78, 5) is 13.5. The van der Waals surface area contributed by atoms with E-state index in [2.05, 4.69) is 47.8 Å². The number of nitrogens with two attached hydrogens (primary N) is 1. The fraction of sp³-hybridized carbons (Fsp3) is 0.364. The van der Waals surface area contributed by atoms with Crippen LogP contribution in [0.25, 0.3) is 11.1 Å². The molecule has 216 valence electrons. The van der Waals surface area contributed by atoms with Crippen molar-refractivity contribution >= 4 is 17.3 Å². The zero-order valence-electron chi connectivity index (χ0n) is 23.4. The topological polar surface area (TPSA) is 112 Å². The fourth-order valence-electron chi connectivity index (χ4n) is 5.69. The molecular weight excluding hydrogens is 520 g/mol. The molecule has 0 saturated heterocycles. The molecule has 5 rings (SSSR count). The molecule has 3 aromatic carbocycles. The van der Waals surface area contributed by atoms with E-state index >= 15 is 0 Å². The van der Waals surface area contributed by atoms with E-state index in [1.54, 1.807) is 12.1 Å². The van der Waals surface area contributed by atoms with Gasteiger partial charge >= 0.3 is 0 Å². The van der Waals surface area contributed by atoms with E-state index in [4.69, 9.17) is 29.8 Å². The van der Waals surface area contributed by atoms with Crippen molar-refractivity contribution in [2.24, 2.45) is 5.92 Å². The number of carbonyl (C=O) groups excluding carboxylic acids is 1. The molecule has 8 nitrogen and oxygen atoms in total. The van der Waals surface area contributed by atoms with Crippen molar-refractivity contribution in [3.8, 4) is 11.1 Å². The van der Waals surface area contributed by atoms with Crippen molar-refractivity contribution in [3.63, 3.8) is 0 Å². The van der Waals surface area contributed by atoms with Crippen LogP contribution in [0.5, 0.6) is 0 Å². The number of ether oxygens (including phenoxy) is 4. The van der Waals surface area contributed by atoms with Crippen LogP contribution in [-0.4, -0.2) is 56.9 Å². The lowest BCUT2D eigenvalue weighted by molar-refractivity contribution is -0.166. The molecule has 1 aliphatic heterocycles. The van der Waals surface area contributed by atoms with Crippen LogP contribution in [0.2, 0.25) is 0 Å². The zero-order valence-corrected chi connectivity index (χ0v) is 23.4. The Hall–Kier alpha value is -3.69. The van der Waals surface area contributed by atoms with Gasteiger partial charge < -0.3 is 35.1 Å².